The fraction of sp³-hybridized carbons (Fsp3) is 0.500. The Labute approximate surface area is 107 Å². The van der Waals surface area contributed by atoms with E-state index in [1.165, 1.54) is 5.56 Å². The van der Waals surface area contributed by atoms with Gasteiger partial charge in [0.2, 0.25) is 0 Å². The van der Waals surface area contributed by atoms with Crippen LogP contribution in [0.25, 0.3) is 0 Å². The van der Waals surface area contributed by atoms with Crippen molar-refractivity contribution < 1.29 is 14.6 Å². The van der Waals surface area contributed by atoms with Gasteiger partial charge >= 0.3 is 5.97 Å². The van der Waals surface area contributed by atoms with Crippen molar-refractivity contribution in [2.45, 2.75) is 38.3 Å². The summed E-state index contributed by atoms with van der Waals surface area (Å²) < 4.78 is 5.54. The number of carbonyl (C=O) groups is 1. The lowest BCUT2D eigenvalue weighted by Gasteiger charge is -2.27. The Bertz CT molecular complexity index is 445. The Hall–Kier alpha value is -1.55. The molecule has 0 radical (unpaired) electrons. The number of rotatable bonds is 4. The van der Waals surface area contributed by atoms with Crippen LogP contribution in [0.4, 0.5) is 0 Å². The molecule has 1 aromatic rings. The van der Waals surface area contributed by atoms with Crippen LogP contribution in [0.2, 0.25) is 0 Å². The summed E-state index contributed by atoms with van der Waals surface area (Å²) >= 11 is 0. The molecule has 2 atom stereocenters. The predicted octanol–water partition coefficient (Wildman–Crippen LogP) is 2.14. The molecular weight excluding hydrogens is 230 g/mol. The summed E-state index contributed by atoms with van der Waals surface area (Å²) in [4.78, 5) is 10.9. The van der Waals surface area contributed by atoms with Crippen LogP contribution in [-0.2, 0) is 11.2 Å². The first-order valence-corrected chi connectivity index (χ1v) is 6.32. The second kappa shape index (κ2) is 5.40. The minimum atomic E-state index is -0.937. The topological polar surface area (TPSA) is 58.6 Å². The summed E-state index contributed by atoms with van der Waals surface area (Å²) in [6, 6.07) is 6.22. The molecular formula is C14H19NO3. The van der Waals surface area contributed by atoms with Gasteiger partial charge in [0.05, 0.1) is 0 Å². The lowest BCUT2D eigenvalue weighted by atomic mass is 9.87. The minimum Gasteiger partial charge on any atom is -0.479 e. The third-order valence-electron chi connectivity index (χ3n) is 3.46. The van der Waals surface area contributed by atoms with Gasteiger partial charge in [-0.05, 0) is 50.4 Å². The second-order valence-corrected chi connectivity index (χ2v) is 4.66. The molecule has 0 aliphatic heterocycles. The van der Waals surface area contributed by atoms with Gasteiger partial charge in [0.1, 0.15) is 5.75 Å². The number of hydrogen-bond donors (Lipinski definition) is 2. The van der Waals surface area contributed by atoms with Gasteiger partial charge in [0, 0.05) is 6.04 Å². The molecule has 2 unspecified atom stereocenters. The normalized spacial score (nSPS) is 20.0. The maximum absolute atomic E-state index is 10.9. The third-order valence-corrected chi connectivity index (χ3v) is 3.46. The SMILES string of the molecule is CNC1CCCc2c(OC(C)C(=O)O)cccc21. The Kier molecular flexibility index (Phi) is 3.87. The highest BCUT2D eigenvalue weighted by Gasteiger charge is 2.23. The Morgan fingerprint density at radius 2 is 2.33 bits per heavy atom. The predicted molar refractivity (Wildman–Crippen MR) is 68.9 cm³/mol. The molecule has 0 aromatic heterocycles. The number of hydrogen-bond acceptors (Lipinski definition) is 3. The molecule has 98 valence electrons. The van der Waals surface area contributed by atoms with E-state index in [2.05, 4.69) is 11.4 Å². The molecule has 0 saturated heterocycles. The van der Waals surface area contributed by atoms with Crippen LogP contribution >= 0.6 is 0 Å². The zero-order valence-corrected chi connectivity index (χ0v) is 10.8. The average molecular weight is 249 g/mol. The van der Waals surface area contributed by atoms with Gasteiger partial charge in [0.15, 0.2) is 6.10 Å². The number of carboxylic acid groups (broad SMARTS) is 1. The number of nitrogens with one attached hydrogen (secondary N) is 1. The summed E-state index contributed by atoms with van der Waals surface area (Å²) in [6.07, 6.45) is 2.35. The van der Waals surface area contributed by atoms with Crippen LogP contribution in [0, 0.1) is 0 Å². The second-order valence-electron chi connectivity index (χ2n) is 4.66. The van der Waals surface area contributed by atoms with Crippen molar-refractivity contribution >= 4 is 5.97 Å². The third kappa shape index (κ3) is 2.48. The van der Waals surface area contributed by atoms with Crippen LogP contribution in [0.15, 0.2) is 18.2 Å². The van der Waals surface area contributed by atoms with Gasteiger partial charge in [-0.15, -0.1) is 0 Å². The number of aliphatic carboxylic acids is 1. The van der Waals surface area contributed by atoms with Gasteiger partial charge in [-0.2, -0.15) is 0 Å². The van der Waals surface area contributed by atoms with E-state index in [0.29, 0.717) is 11.8 Å². The van der Waals surface area contributed by atoms with Crippen molar-refractivity contribution in [1.29, 1.82) is 0 Å². The summed E-state index contributed by atoms with van der Waals surface area (Å²) in [5.41, 5.74) is 2.38. The Balaban J connectivity index is 2.30. The van der Waals surface area contributed by atoms with E-state index < -0.39 is 12.1 Å². The maximum Gasteiger partial charge on any atom is 0.344 e. The van der Waals surface area contributed by atoms with Gasteiger partial charge < -0.3 is 15.2 Å². The number of benzene rings is 1. The molecule has 2 rings (SSSR count). The first-order chi connectivity index (χ1) is 8.63. The van der Waals surface area contributed by atoms with Crippen molar-refractivity contribution in [3.63, 3.8) is 0 Å². The number of ether oxygens (including phenoxy) is 1. The molecule has 1 aliphatic carbocycles. The van der Waals surface area contributed by atoms with Crippen molar-refractivity contribution in [2.75, 3.05) is 7.05 Å². The summed E-state index contributed by atoms with van der Waals surface area (Å²) in [5, 5.41) is 12.2. The standard InChI is InChI=1S/C14H19NO3/c1-9(14(16)17)18-13-8-4-5-10-11(13)6-3-7-12(10)15-2/h4-5,8-9,12,15H,3,6-7H2,1-2H3,(H,16,17). The smallest absolute Gasteiger partial charge is 0.344 e. The fourth-order valence-corrected chi connectivity index (χ4v) is 2.47. The first-order valence-electron chi connectivity index (χ1n) is 6.32. The molecule has 0 spiro atoms. The Morgan fingerprint density at radius 1 is 1.56 bits per heavy atom. The monoisotopic (exact) mass is 249 g/mol. The minimum absolute atomic E-state index is 0.345. The van der Waals surface area contributed by atoms with E-state index in [9.17, 15) is 4.79 Å². The van der Waals surface area contributed by atoms with Gasteiger partial charge in [-0.1, -0.05) is 12.1 Å². The summed E-state index contributed by atoms with van der Waals surface area (Å²) in [7, 11) is 1.95. The molecule has 4 nitrogen and oxygen atoms in total. The summed E-state index contributed by atoms with van der Waals surface area (Å²) in [5.74, 6) is -0.226. The van der Waals surface area contributed by atoms with E-state index in [4.69, 9.17) is 9.84 Å². The molecule has 0 saturated carbocycles. The molecule has 0 fully saturated rings. The van der Waals surface area contributed by atoms with E-state index in [1.54, 1.807) is 6.92 Å². The highest BCUT2D eigenvalue weighted by molar-refractivity contribution is 5.72. The van der Waals surface area contributed by atoms with Crippen LogP contribution in [0.3, 0.4) is 0 Å². The lowest BCUT2D eigenvalue weighted by Crippen LogP contribution is -2.25. The highest BCUT2D eigenvalue weighted by Crippen LogP contribution is 2.35. The van der Waals surface area contributed by atoms with Gasteiger partial charge in [-0.3, -0.25) is 0 Å². The number of fused-ring (bicyclic) bond motifs is 1. The average Bonchev–Trinajstić information content (AvgIpc) is 2.38. The highest BCUT2D eigenvalue weighted by atomic mass is 16.5. The van der Waals surface area contributed by atoms with Crippen LogP contribution in [-0.4, -0.2) is 24.2 Å². The molecule has 4 heteroatoms. The van der Waals surface area contributed by atoms with Crippen LogP contribution in [0.1, 0.15) is 36.9 Å². The fourth-order valence-electron chi connectivity index (χ4n) is 2.47. The van der Waals surface area contributed by atoms with Crippen LogP contribution in [0.5, 0.6) is 5.75 Å². The lowest BCUT2D eigenvalue weighted by molar-refractivity contribution is -0.144. The molecule has 1 aromatic carbocycles. The zero-order valence-electron chi connectivity index (χ0n) is 10.8. The van der Waals surface area contributed by atoms with E-state index in [-0.39, 0.29) is 0 Å². The largest absolute Gasteiger partial charge is 0.479 e. The van der Waals surface area contributed by atoms with Crippen molar-refractivity contribution in [3.05, 3.63) is 29.3 Å². The Morgan fingerprint density at radius 3 is 3.00 bits per heavy atom. The van der Waals surface area contributed by atoms with Crippen LogP contribution < -0.4 is 10.1 Å². The molecule has 1 aliphatic rings. The molecule has 2 N–H and O–H groups in total. The van der Waals surface area contributed by atoms with Crippen molar-refractivity contribution in [3.8, 4) is 5.75 Å². The van der Waals surface area contributed by atoms with Crippen molar-refractivity contribution in [1.82, 2.24) is 5.32 Å². The molecule has 18 heavy (non-hydrogen) atoms. The van der Waals surface area contributed by atoms with E-state index in [0.717, 1.165) is 24.8 Å². The number of carboxylic acids is 1. The maximum atomic E-state index is 10.9. The molecule has 0 bridgehead atoms. The summed E-state index contributed by atoms with van der Waals surface area (Å²) in [6.45, 7) is 1.56. The van der Waals surface area contributed by atoms with Gasteiger partial charge in [-0.25, -0.2) is 4.79 Å². The van der Waals surface area contributed by atoms with E-state index >= 15 is 0 Å². The van der Waals surface area contributed by atoms with Gasteiger partial charge in [0.25, 0.3) is 0 Å². The van der Waals surface area contributed by atoms with Crippen molar-refractivity contribution in [2.24, 2.45) is 0 Å². The zero-order chi connectivity index (χ0) is 13.1. The first kappa shape index (κ1) is 12.9. The van der Waals surface area contributed by atoms with E-state index in [1.807, 2.05) is 19.2 Å². The quantitative estimate of drug-likeness (QED) is 0.858. The molecule has 0 amide bonds. The molecule has 0 heterocycles.